The summed E-state index contributed by atoms with van der Waals surface area (Å²) in [7, 11) is 2.64. The number of H-pyrrole nitrogens is 2. The van der Waals surface area contributed by atoms with E-state index in [-0.39, 0.29) is 54.0 Å². The van der Waals surface area contributed by atoms with Gasteiger partial charge in [-0.15, -0.1) is 0 Å². The van der Waals surface area contributed by atoms with Gasteiger partial charge in [0.15, 0.2) is 5.65 Å². The maximum Gasteiger partial charge on any atom is 0.407 e. The van der Waals surface area contributed by atoms with Crippen LogP contribution in [0.15, 0.2) is 67.0 Å². The molecule has 60 heavy (non-hydrogen) atoms. The first kappa shape index (κ1) is 42.1. The number of hydrogen-bond acceptors (Lipinski definition) is 9. The molecule has 6 atom stereocenters. The van der Waals surface area contributed by atoms with E-state index in [1.165, 1.54) is 14.2 Å². The number of alkyl carbamates (subject to hydrolysis) is 1. The average Bonchev–Trinajstić information content (AvgIpc) is 4.06. The molecule has 3 N–H and O–H groups in total. The van der Waals surface area contributed by atoms with Gasteiger partial charge in [0.05, 0.1) is 56.0 Å². The van der Waals surface area contributed by atoms with Gasteiger partial charge in [-0.25, -0.2) is 19.7 Å². The monoisotopic (exact) mass is 816 g/mol. The van der Waals surface area contributed by atoms with Crippen LogP contribution in [0.5, 0.6) is 0 Å². The highest BCUT2D eigenvalue weighted by Gasteiger charge is 2.41. The number of ether oxygens (including phenoxy) is 2. The Bertz CT molecular complexity index is 2330. The van der Waals surface area contributed by atoms with E-state index >= 15 is 0 Å². The van der Waals surface area contributed by atoms with E-state index in [2.05, 4.69) is 82.6 Å². The van der Waals surface area contributed by atoms with Gasteiger partial charge in [-0.05, 0) is 64.8 Å². The molecule has 14 heteroatoms. The minimum atomic E-state index is -0.716. The fraction of sp³-hybridized carbons (Fsp3) is 0.457. The number of aromatic nitrogens is 5. The molecule has 5 aromatic rings. The van der Waals surface area contributed by atoms with Gasteiger partial charge >= 0.3 is 12.1 Å². The third-order valence-electron chi connectivity index (χ3n) is 12.0. The van der Waals surface area contributed by atoms with Crippen molar-refractivity contribution in [3.8, 4) is 33.5 Å². The topological polar surface area (TPSA) is 175 Å². The molecule has 7 rings (SSSR count). The lowest BCUT2D eigenvalue weighted by atomic mass is 9.91. The highest BCUT2D eigenvalue weighted by molar-refractivity contribution is 5.87. The molecule has 2 aromatic carbocycles. The van der Waals surface area contributed by atoms with E-state index < -0.39 is 18.1 Å². The summed E-state index contributed by atoms with van der Waals surface area (Å²) in [6, 6.07) is 17.5. The number of carbonyl (C=O) groups excluding carboxylic acids is 4. The van der Waals surface area contributed by atoms with Crippen molar-refractivity contribution in [1.82, 2.24) is 40.0 Å². The second-order valence-electron chi connectivity index (χ2n) is 17.2. The second kappa shape index (κ2) is 17.7. The van der Waals surface area contributed by atoms with Gasteiger partial charge in [-0.3, -0.25) is 14.4 Å². The summed E-state index contributed by atoms with van der Waals surface area (Å²) in [6.07, 6.45) is 4.61. The molecule has 5 heterocycles. The van der Waals surface area contributed by atoms with Crippen molar-refractivity contribution >= 4 is 35.0 Å². The zero-order valence-corrected chi connectivity index (χ0v) is 35.7. The van der Waals surface area contributed by atoms with Gasteiger partial charge < -0.3 is 34.6 Å². The summed E-state index contributed by atoms with van der Waals surface area (Å²) >= 11 is 0. The van der Waals surface area contributed by atoms with E-state index in [9.17, 15) is 19.2 Å². The molecular formula is C46H56N8O6. The number of nitrogens with one attached hydrogen (secondary N) is 3. The highest BCUT2D eigenvalue weighted by atomic mass is 16.5. The molecule has 0 spiro atoms. The predicted octanol–water partition coefficient (Wildman–Crippen LogP) is 7.72. The molecule has 3 amide bonds. The van der Waals surface area contributed by atoms with Gasteiger partial charge in [0.2, 0.25) is 11.8 Å². The Hall–Kier alpha value is -6.05. The van der Waals surface area contributed by atoms with Crippen LogP contribution in [0.2, 0.25) is 0 Å². The summed E-state index contributed by atoms with van der Waals surface area (Å²) in [5, 5.41) is 2.71. The number of aromatic amines is 2. The Morgan fingerprint density at radius 3 is 1.85 bits per heavy atom. The van der Waals surface area contributed by atoms with Crippen LogP contribution in [0.25, 0.3) is 44.7 Å². The molecule has 2 aliphatic rings. The molecule has 0 aliphatic carbocycles. The molecule has 3 aromatic heterocycles. The number of likely N-dealkylation sites (tertiary alicyclic amines) is 2. The number of imidazole rings is 2. The van der Waals surface area contributed by atoms with Crippen LogP contribution >= 0.6 is 0 Å². The smallest absolute Gasteiger partial charge is 0.407 e. The Kier molecular flexibility index (Phi) is 12.4. The van der Waals surface area contributed by atoms with Crippen molar-refractivity contribution in [2.45, 2.75) is 78.9 Å². The molecular weight excluding hydrogens is 761 g/mol. The number of methoxy groups -OCH3 is 2. The maximum absolute atomic E-state index is 13.8. The second-order valence-corrected chi connectivity index (χ2v) is 17.2. The average molecular weight is 817 g/mol. The number of amides is 3. The number of hydrogen-bond donors (Lipinski definition) is 3. The molecule has 14 nitrogen and oxygen atoms in total. The molecule has 316 valence electrons. The van der Waals surface area contributed by atoms with Crippen LogP contribution in [0.3, 0.4) is 0 Å². The lowest BCUT2D eigenvalue weighted by Crippen LogP contribution is -2.51. The minimum Gasteiger partial charge on any atom is -0.469 e. The van der Waals surface area contributed by atoms with E-state index in [1.807, 2.05) is 56.0 Å². The molecule has 2 aliphatic heterocycles. The van der Waals surface area contributed by atoms with E-state index in [4.69, 9.17) is 19.4 Å². The van der Waals surface area contributed by atoms with Gasteiger partial charge in [0, 0.05) is 24.8 Å². The van der Waals surface area contributed by atoms with Crippen LogP contribution in [0.1, 0.15) is 84.5 Å². The van der Waals surface area contributed by atoms with E-state index in [0.717, 1.165) is 57.7 Å². The first-order valence-corrected chi connectivity index (χ1v) is 20.9. The number of esters is 1. The fourth-order valence-electron chi connectivity index (χ4n) is 8.64. The van der Waals surface area contributed by atoms with Crippen molar-refractivity contribution in [1.29, 1.82) is 0 Å². The first-order valence-electron chi connectivity index (χ1n) is 20.9. The number of pyridine rings is 1. The van der Waals surface area contributed by atoms with Crippen molar-refractivity contribution in [3.05, 3.63) is 78.6 Å². The van der Waals surface area contributed by atoms with E-state index in [0.29, 0.717) is 30.5 Å². The number of carbonyl (C=O) groups is 4. The quantitative estimate of drug-likeness (QED) is 0.107. The minimum absolute atomic E-state index is 0.00494. The number of rotatable bonds is 12. The summed E-state index contributed by atoms with van der Waals surface area (Å²) < 4.78 is 9.68. The SMILES string of the molecule is COC(=O)C[C@H](C(=O)N1C[C@@H](C)C[C@H]1c1ncc(-c2ccc(-c3ccc(-c4cnc5nc([C@@H]6C[C@H](C)CN6C(=O)[C@@H](NC(=O)OC)C(C)C)[nH]c5c4)cc3)cc2)[nH]1)C(C)C. The largest absolute Gasteiger partial charge is 0.469 e. The third-order valence-corrected chi connectivity index (χ3v) is 12.0. The van der Waals surface area contributed by atoms with Gasteiger partial charge in [-0.2, -0.15) is 0 Å². The van der Waals surface area contributed by atoms with Gasteiger partial charge in [0.1, 0.15) is 17.7 Å². The summed E-state index contributed by atoms with van der Waals surface area (Å²) in [5.41, 5.74) is 7.29. The Labute approximate surface area is 350 Å². The Morgan fingerprint density at radius 2 is 1.28 bits per heavy atom. The predicted molar refractivity (Wildman–Crippen MR) is 228 cm³/mol. The normalized spacial score (nSPS) is 20.2. The van der Waals surface area contributed by atoms with Crippen molar-refractivity contribution < 1.29 is 28.7 Å². The summed E-state index contributed by atoms with van der Waals surface area (Å²) in [4.78, 5) is 76.6. The lowest BCUT2D eigenvalue weighted by Gasteiger charge is -2.30. The van der Waals surface area contributed by atoms with Gasteiger partial charge in [-0.1, -0.05) is 90.1 Å². The third kappa shape index (κ3) is 8.78. The fourth-order valence-corrected chi connectivity index (χ4v) is 8.64. The van der Waals surface area contributed by atoms with Crippen molar-refractivity contribution in [2.75, 3.05) is 27.3 Å². The van der Waals surface area contributed by atoms with Crippen molar-refractivity contribution in [2.24, 2.45) is 29.6 Å². The Morgan fingerprint density at radius 1 is 0.717 bits per heavy atom. The van der Waals surface area contributed by atoms with Crippen LogP contribution < -0.4 is 5.32 Å². The van der Waals surface area contributed by atoms with Crippen LogP contribution in [-0.4, -0.2) is 91.9 Å². The molecule has 2 fully saturated rings. The number of benzene rings is 2. The highest BCUT2D eigenvalue weighted by Crippen LogP contribution is 2.39. The van der Waals surface area contributed by atoms with Gasteiger partial charge in [0.25, 0.3) is 0 Å². The Balaban J connectivity index is 1.03. The standard InChI is InChI=1S/C46H56N8O6/c1-25(2)34(20-39(55)59-7)44(56)53-23-27(5)17-37(53)42-48-22-36(50-42)32-15-13-30(14-16-32)29-9-11-31(12-10-29)33-19-35-41(47-21-33)52-43(49-35)38-18-28(6)24-54(38)45(57)40(26(3)4)51-46(58)60-8/h9-16,19,21-22,25-28,34,37-38,40H,17-18,20,23-24H2,1-8H3,(H,48,50)(H,51,58)(H,47,49,52)/t27-,28-,34-,37-,38-,40-/m0/s1. The zero-order chi connectivity index (χ0) is 42.8. The molecule has 2 saturated heterocycles. The van der Waals surface area contributed by atoms with Crippen molar-refractivity contribution in [3.63, 3.8) is 0 Å². The number of nitrogens with zero attached hydrogens (tertiary/aromatic N) is 5. The summed E-state index contributed by atoms with van der Waals surface area (Å²) in [5.74, 6) is 0.836. The molecule has 0 saturated carbocycles. The van der Waals surface area contributed by atoms with Crippen LogP contribution in [0.4, 0.5) is 4.79 Å². The molecule has 0 unspecified atom stereocenters. The molecule has 0 radical (unpaired) electrons. The van der Waals surface area contributed by atoms with E-state index in [1.54, 1.807) is 0 Å². The van der Waals surface area contributed by atoms with Crippen LogP contribution in [-0.2, 0) is 23.9 Å². The number of fused-ring (bicyclic) bond motifs is 1. The summed E-state index contributed by atoms with van der Waals surface area (Å²) in [6.45, 7) is 13.2. The van der Waals surface area contributed by atoms with Crippen LogP contribution in [0, 0.1) is 29.6 Å². The first-order chi connectivity index (χ1) is 28.7. The zero-order valence-electron chi connectivity index (χ0n) is 35.7. The molecule has 0 bridgehead atoms. The lowest BCUT2D eigenvalue weighted by molar-refractivity contribution is -0.148. The maximum atomic E-state index is 13.8.